The predicted octanol–water partition coefficient (Wildman–Crippen LogP) is 1.46. The molecule has 0 bridgehead atoms. The smallest absolute Gasteiger partial charge is 0.323 e. The quantitative estimate of drug-likeness (QED) is 0.871. The molecule has 2 rings (SSSR count). The van der Waals surface area contributed by atoms with Crippen LogP contribution in [0.4, 0.5) is 4.79 Å². The van der Waals surface area contributed by atoms with Crippen molar-refractivity contribution in [2.45, 2.75) is 13.3 Å². The summed E-state index contributed by atoms with van der Waals surface area (Å²) in [4.78, 5) is 22.7. The fourth-order valence-electron chi connectivity index (χ4n) is 1.90. The Kier molecular flexibility index (Phi) is 3.41. The van der Waals surface area contributed by atoms with Crippen molar-refractivity contribution in [3.05, 3.63) is 30.0 Å². The molecule has 0 atom stereocenters. The maximum Gasteiger partial charge on any atom is 0.323 e. The first kappa shape index (κ1) is 12.9. The second-order valence-corrected chi connectivity index (χ2v) is 4.14. The molecule has 0 fully saturated rings. The zero-order valence-electron chi connectivity index (χ0n) is 10.6. The number of nitrogens with zero attached hydrogens (tertiary/aromatic N) is 1. The first-order valence-corrected chi connectivity index (χ1v) is 5.92. The van der Waals surface area contributed by atoms with E-state index in [4.69, 9.17) is 16.2 Å². The van der Waals surface area contributed by atoms with Gasteiger partial charge in [0.2, 0.25) is 0 Å². The number of hydrogen-bond acceptors (Lipinski definition) is 3. The lowest BCUT2D eigenvalue weighted by molar-refractivity contribution is 0.100. The fraction of sp³-hybridized carbons (Fsp3) is 0.231. The monoisotopic (exact) mass is 261 g/mol. The van der Waals surface area contributed by atoms with E-state index in [1.54, 1.807) is 18.2 Å². The zero-order valence-corrected chi connectivity index (χ0v) is 10.6. The number of amides is 2. The summed E-state index contributed by atoms with van der Waals surface area (Å²) in [6.45, 7) is 2.57. The van der Waals surface area contributed by atoms with Gasteiger partial charge in [0.1, 0.15) is 5.75 Å². The molecule has 2 amide bonds. The molecular weight excluding hydrogens is 246 g/mol. The summed E-state index contributed by atoms with van der Waals surface area (Å²) in [7, 11) is 0. The molecule has 0 saturated carbocycles. The van der Waals surface area contributed by atoms with Gasteiger partial charge in [-0.05, 0) is 24.6 Å². The second-order valence-electron chi connectivity index (χ2n) is 4.14. The lowest BCUT2D eigenvalue weighted by Gasteiger charge is -2.05. The molecule has 0 radical (unpaired) electrons. The zero-order chi connectivity index (χ0) is 14.0. The van der Waals surface area contributed by atoms with Crippen molar-refractivity contribution in [3.8, 4) is 5.75 Å². The molecule has 19 heavy (non-hydrogen) atoms. The Hall–Kier alpha value is -2.50. The van der Waals surface area contributed by atoms with Crippen LogP contribution in [0.5, 0.6) is 5.75 Å². The highest BCUT2D eigenvalue weighted by molar-refractivity contribution is 6.08. The number of rotatable bonds is 4. The van der Waals surface area contributed by atoms with Gasteiger partial charge in [-0.1, -0.05) is 6.92 Å². The van der Waals surface area contributed by atoms with Crippen LogP contribution in [0.2, 0.25) is 0 Å². The SMILES string of the molecule is CCCOc1ccc2c(c1)c(C(N)=O)cn2C(N)=O. The van der Waals surface area contributed by atoms with E-state index < -0.39 is 11.9 Å². The molecule has 4 N–H and O–H groups in total. The summed E-state index contributed by atoms with van der Waals surface area (Å²) in [6.07, 6.45) is 2.22. The Morgan fingerprint density at radius 2 is 2.05 bits per heavy atom. The van der Waals surface area contributed by atoms with Gasteiger partial charge < -0.3 is 16.2 Å². The van der Waals surface area contributed by atoms with Crippen LogP contribution >= 0.6 is 0 Å². The number of hydrogen-bond donors (Lipinski definition) is 2. The van der Waals surface area contributed by atoms with Gasteiger partial charge in [-0.3, -0.25) is 9.36 Å². The first-order valence-electron chi connectivity index (χ1n) is 5.92. The Bertz CT molecular complexity index is 646. The van der Waals surface area contributed by atoms with Crippen LogP contribution in [0.15, 0.2) is 24.4 Å². The Balaban J connectivity index is 2.59. The lowest BCUT2D eigenvalue weighted by Crippen LogP contribution is -2.18. The van der Waals surface area contributed by atoms with E-state index in [0.29, 0.717) is 23.3 Å². The van der Waals surface area contributed by atoms with E-state index in [2.05, 4.69) is 0 Å². The maximum absolute atomic E-state index is 11.4. The van der Waals surface area contributed by atoms with Crippen molar-refractivity contribution in [1.82, 2.24) is 4.57 Å². The third-order valence-electron chi connectivity index (χ3n) is 2.75. The number of primary amides is 2. The standard InChI is InChI=1S/C13H15N3O3/c1-2-5-19-8-3-4-11-9(6-8)10(12(14)17)7-16(11)13(15)18/h3-4,6-7H,2,5H2,1H3,(H2,14,17)(H2,15,18). The molecule has 100 valence electrons. The van der Waals surface area contributed by atoms with Crippen molar-refractivity contribution in [3.63, 3.8) is 0 Å². The van der Waals surface area contributed by atoms with E-state index in [1.807, 2.05) is 6.92 Å². The van der Waals surface area contributed by atoms with Gasteiger partial charge >= 0.3 is 6.03 Å². The van der Waals surface area contributed by atoms with Gasteiger partial charge in [-0.25, -0.2) is 4.79 Å². The molecule has 0 spiro atoms. The average Bonchev–Trinajstić information content (AvgIpc) is 2.75. The molecule has 1 aromatic heterocycles. The van der Waals surface area contributed by atoms with Gasteiger partial charge in [0.15, 0.2) is 0 Å². The highest BCUT2D eigenvalue weighted by Crippen LogP contribution is 2.25. The third-order valence-corrected chi connectivity index (χ3v) is 2.75. The van der Waals surface area contributed by atoms with E-state index in [9.17, 15) is 9.59 Å². The van der Waals surface area contributed by atoms with Crippen LogP contribution in [0.25, 0.3) is 10.9 Å². The molecule has 0 saturated heterocycles. The molecule has 0 aliphatic heterocycles. The van der Waals surface area contributed by atoms with E-state index in [1.165, 1.54) is 10.8 Å². The van der Waals surface area contributed by atoms with Crippen molar-refractivity contribution < 1.29 is 14.3 Å². The number of carbonyl (C=O) groups excluding carboxylic acids is 2. The lowest BCUT2D eigenvalue weighted by atomic mass is 10.1. The van der Waals surface area contributed by atoms with Gasteiger partial charge in [0.25, 0.3) is 5.91 Å². The van der Waals surface area contributed by atoms with Crippen LogP contribution in [0.1, 0.15) is 23.7 Å². The van der Waals surface area contributed by atoms with E-state index in [0.717, 1.165) is 6.42 Å². The summed E-state index contributed by atoms with van der Waals surface area (Å²) in [5.74, 6) is 0.0108. The predicted molar refractivity (Wildman–Crippen MR) is 71.2 cm³/mol. The maximum atomic E-state index is 11.4. The topological polar surface area (TPSA) is 100 Å². The molecule has 2 aromatic rings. The summed E-state index contributed by atoms with van der Waals surface area (Å²) in [6, 6.07) is 4.42. The minimum Gasteiger partial charge on any atom is -0.494 e. The molecule has 0 unspecified atom stereocenters. The molecule has 6 nitrogen and oxygen atoms in total. The van der Waals surface area contributed by atoms with Gasteiger partial charge in [0.05, 0.1) is 17.7 Å². The summed E-state index contributed by atoms with van der Waals surface area (Å²) >= 11 is 0. The summed E-state index contributed by atoms with van der Waals surface area (Å²) in [5, 5.41) is 0.555. The molecular formula is C13H15N3O3. The Morgan fingerprint density at radius 3 is 2.63 bits per heavy atom. The average molecular weight is 261 g/mol. The number of nitrogens with two attached hydrogens (primary N) is 2. The van der Waals surface area contributed by atoms with Crippen LogP contribution in [-0.4, -0.2) is 23.1 Å². The van der Waals surface area contributed by atoms with Crippen molar-refractivity contribution in [1.29, 1.82) is 0 Å². The fourth-order valence-corrected chi connectivity index (χ4v) is 1.90. The van der Waals surface area contributed by atoms with Crippen LogP contribution in [0.3, 0.4) is 0 Å². The van der Waals surface area contributed by atoms with Crippen LogP contribution in [-0.2, 0) is 0 Å². The largest absolute Gasteiger partial charge is 0.494 e. The number of fused-ring (bicyclic) bond motifs is 1. The molecule has 0 aliphatic rings. The molecule has 1 heterocycles. The minimum absolute atomic E-state index is 0.246. The number of carbonyl (C=O) groups is 2. The second kappa shape index (κ2) is 5.01. The van der Waals surface area contributed by atoms with Gasteiger partial charge in [0, 0.05) is 11.6 Å². The van der Waals surface area contributed by atoms with Crippen molar-refractivity contribution in [2.75, 3.05) is 6.61 Å². The third kappa shape index (κ3) is 2.37. The summed E-state index contributed by atoms with van der Waals surface area (Å²) < 4.78 is 6.68. The van der Waals surface area contributed by atoms with Crippen molar-refractivity contribution in [2.24, 2.45) is 11.5 Å². The van der Waals surface area contributed by atoms with Gasteiger partial charge in [-0.15, -0.1) is 0 Å². The van der Waals surface area contributed by atoms with Gasteiger partial charge in [-0.2, -0.15) is 0 Å². The van der Waals surface area contributed by atoms with E-state index >= 15 is 0 Å². The summed E-state index contributed by atoms with van der Waals surface area (Å²) in [5.41, 5.74) is 11.3. The molecule has 6 heteroatoms. The van der Waals surface area contributed by atoms with Crippen LogP contribution < -0.4 is 16.2 Å². The highest BCUT2D eigenvalue weighted by Gasteiger charge is 2.15. The number of ether oxygens (including phenoxy) is 1. The van der Waals surface area contributed by atoms with E-state index in [-0.39, 0.29) is 5.56 Å². The molecule has 0 aliphatic carbocycles. The van der Waals surface area contributed by atoms with Crippen LogP contribution in [0, 0.1) is 0 Å². The number of aromatic nitrogens is 1. The highest BCUT2D eigenvalue weighted by atomic mass is 16.5. The Morgan fingerprint density at radius 1 is 1.32 bits per heavy atom. The first-order chi connectivity index (χ1) is 9.04. The Labute approximate surface area is 109 Å². The number of benzene rings is 1. The normalized spacial score (nSPS) is 10.6. The van der Waals surface area contributed by atoms with Crippen molar-refractivity contribution >= 4 is 22.8 Å². The minimum atomic E-state index is -0.667. The molecule has 1 aromatic carbocycles.